The number of benzene rings is 2. The topological polar surface area (TPSA) is 84.2 Å². The van der Waals surface area contributed by atoms with Gasteiger partial charge in [-0.2, -0.15) is 5.26 Å². The van der Waals surface area contributed by atoms with E-state index < -0.39 is 0 Å². The molecular weight excluding hydrogens is 454 g/mol. The van der Waals surface area contributed by atoms with Gasteiger partial charge in [-0.3, -0.25) is 4.79 Å². The van der Waals surface area contributed by atoms with E-state index in [9.17, 15) is 4.79 Å². The average Bonchev–Trinajstić information content (AvgIpc) is 2.75. The highest BCUT2D eigenvalue weighted by Crippen LogP contribution is 2.34. The van der Waals surface area contributed by atoms with Crippen LogP contribution in [0.15, 0.2) is 64.1 Å². The van der Waals surface area contributed by atoms with Crippen molar-refractivity contribution in [2.75, 3.05) is 18.7 Å². The second-order valence-electron chi connectivity index (χ2n) is 5.77. The Labute approximate surface area is 181 Å². The van der Waals surface area contributed by atoms with Gasteiger partial charge in [0.05, 0.1) is 18.7 Å². The van der Waals surface area contributed by atoms with Gasteiger partial charge in [0.15, 0.2) is 11.5 Å². The number of nitriles is 1. The predicted octanol–water partition coefficient (Wildman–Crippen LogP) is 5.49. The van der Waals surface area contributed by atoms with E-state index in [0.717, 1.165) is 4.90 Å². The van der Waals surface area contributed by atoms with Crippen molar-refractivity contribution in [3.05, 3.63) is 70.3 Å². The van der Waals surface area contributed by atoms with E-state index in [1.165, 1.54) is 13.3 Å². The molecule has 0 unspecified atom stereocenters. The number of pyridine rings is 1. The second kappa shape index (κ2) is 9.45. The molecule has 1 amide bonds. The fourth-order valence-electron chi connectivity index (χ4n) is 2.50. The highest BCUT2D eigenvalue weighted by atomic mass is 79.9. The number of thioether (sulfide) groups is 1. The van der Waals surface area contributed by atoms with Crippen molar-refractivity contribution in [3.63, 3.8) is 0 Å². The Morgan fingerprint density at radius 1 is 1.21 bits per heavy atom. The number of anilines is 1. The summed E-state index contributed by atoms with van der Waals surface area (Å²) in [7, 11) is 1.48. The molecule has 1 heterocycles. The van der Waals surface area contributed by atoms with Crippen molar-refractivity contribution in [1.82, 2.24) is 4.98 Å². The maximum Gasteiger partial charge on any atom is 0.261 e. The minimum atomic E-state index is -0.361. The minimum absolute atomic E-state index is 0.120. The third-order valence-corrected chi connectivity index (χ3v) is 5.05. The van der Waals surface area contributed by atoms with E-state index in [1.54, 1.807) is 36.0 Å². The van der Waals surface area contributed by atoms with Crippen LogP contribution < -0.4 is 14.8 Å². The standard InChI is InChI=1S/C21H16BrN3O3S/c1-27-19-8-13(11-23)6-7-18(19)28-21-17(9-14(22)12-24-21)20(26)25-15-4-3-5-16(10-15)29-2/h3-10,12H,1-2H3,(H,25,26). The van der Waals surface area contributed by atoms with Crippen LogP contribution in [-0.2, 0) is 0 Å². The molecule has 0 fully saturated rings. The Morgan fingerprint density at radius 2 is 2.03 bits per heavy atom. The number of nitrogens with zero attached hydrogens (tertiary/aromatic N) is 2. The zero-order chi connectivity index (χ0) is 20.8. The number of carbonyl (C=O) groups excluding carboxylic acids is 1. The third-order valence-electron chi connectivity index (χ3n) is 3.89. The number of halogens is 1. The van der Waals surface area contributed by atoms with E-state index >= 15 is 0 Å². The number of ether oxygens (including phenoxy) is 2. The number of rotatable bonds is 6. The molecule has 0 aliphatic carbocycles. The van der Waals surface area contributed by atoms with Crippen LogP contribution in [0, 0.1) is 11.3 Å². The molecule has 3 aromatic rings. The number of amides is 1. The summed E-state index contributed by atoms with van der Waals surface area (Å²) in [6.07, 6.45) is 3.51. The third kappa shape index (κ3) is 5.08. The largest absolute Gasteiger partial charge is 0.493 e. The van der Waals surface area contributed by atoms with Gasteiger partial charge in [-0.15, -0.1) is 11.8 Å². The van der Waals surface area contributed by atoms with Gasteiger partial charge in [-0.1, -0.05) is 6.07 Å². The Hall–Kier alpha value is -3.02. The summed E-state index contributed by atoms with van der Waals surface area (Å²) in [4.78, 5) is 18.2. The fraction of sp³-hybridized carbons (Fsp3) is 0.0952. The summed E-state index contributed by atoms with van der Waals surface area (Å²) in [5, 5.41) is 11.9. The molecule has 0 aliphatic rings. The van der Waals surface area contributed by atoms with Crippen molar-refractivity contribution in [3.8, 4) is 23.4 Å². The van der Waals surface area contributed by atoms with Crippen molar-refractivity contribution in [2.45, 2.75) is 4.90 Å². The maximum atomic E-state index is 12.9. The lowest BCUT2D eigenvalue weighted by atomic mass is 10.2. The molecule has 29 heavy (non-hydrogen) atoms. The summed E-state index contributed by atoms with van der Waals surface area (Å²) in [5.74, 6) is 0.474. The number of nitrogens with one attached hydrogen (secondary N) is 1. The van der Waals surface area contributed by atoms with Crippen molar-refractivity contribution in [2.24, 2.45) is 0 Å². The van der Waals surface area contributed by atoms with Crippen LogP contribution in [0.2, 0.25) is 0 Å². The Kier molecular flexibility index (Phi) is 6.75. The van der Waals surface area contributed by atoms with E-state index in [-0.39, 0.29) is 17.4 Å². The molecule has 0 atom stereocenters. The predicted molar refractivity (Wildman–Crippen MR) is 116 cm³/mol. The van der Waals surface area contributed by atoms with Crippen LogP contribution in [0.1, 0.15) is 15.9 Å². The SMILES string of the molecule is COc1cc(C#N)ccc1Oc1ncc(Br)cc1C(=O)Nc1cccc(SC)c1. The summed E-state index contributed by atoms with van der Waals surface area (Å²) in [6.45, 7) is 0. The Morgan fingerprint density at radius 3 is 2.76 bits per heavy atom. The van der Waals surface area contributed by atoms with Crippen molar-refractivity contribution < 1.29 is 14.3 Å². The van der Waals surface area contributed by atoms with Gasteiger partial charge in [-0.25, -0.2) is 4.98 Å². The van der Waals surface area contributed by atoms with Crippen LogP contribution in [0.5, 0.6) is 17.4 Å². The quantitative estimate of drug-likeness (QED) is 0.480. The molecule has 2 aromatic carbocycles. The molecule has 0 spiro atoms. The summed E-state index contributed by atoms with van der Waals surface area (Å²) in [5.41, 5.74) is 1.36. The van der Waals surface area contributed by atoms with Gasteiger partial charge in [0.2, 0.25) is 5.88 Å². The molecule has 0 saturated heterocycles. The van der Waals surface area contributed by atoms with Crippen molar-refractivity contribution >= 4 is 39.3 Å². The molecule has 0 radical (unpaired) electrons. The number of carbonyl (C=O) groups is 1. The van der Waals surface area contributed by atoms with Crippen LogP contribution in [0.4, 0.5) is 5.69 Å². The van der Waals surface area contributed by atoms with Gasteiger partial charge in [0.1, 0.15) is 5.56 Å². The molecular formula is C21H16BrN3O3S. The molecule has 1 N–H and O–H groups in total. The molecule has 1 aromatic heterocycles. The second-order valence-corrected chi connectivity index (χ2v) is 7.57. The minimum Gasteiger partial charge on any atom is -0.493 e. The lowest BCUT2D eigenvalue weighted by Crippen LogP contribution is -2.14. The first-order valence-electron chi connectivity index (χ1n) is 8.41. The highest BCUT2D eigenvalue weighted by Gasteiger charge is 2.18. The number of hydrogen-bond acceptors (Lipinski definition) is 6. The molecule has 6 nitrogen and oxygen atoms in total. The first kappa shape index (κ1) is 20.7. The van der Waals surface area contributed by atoms with Gasteiger partial charge < -0.3 is 14.8 Å². The monoisotopic (exact) mass is 469 g/mol. The number of aromatic nitrogens is 1. The smallest absolute Gasteiger partial charge is 0.261 e. The number of hydrogen-bond donors (Lipinski definition) is 1. The first-order valence-corrected chi connectivity index (χ1v) is 10.4. The van der Waals surface area contributed by atoms with Gasteiger partial charge in [-0.05, 0) is 58.6 Å². The van der Waals surface area contributed by atoms with E-state index in [0.29, 0.717) is 27.2 Å². The molecule has 0 aliphatic heterocycles. The average molecular weight is 470 g/mol. The Bertz CT molecular complexity index is 1100. The Balaban J connectivity index is 1.92. The van der Waals surface area contributed by atoms with Gasteiger partial charge in [0, 0.05) is 27.3 Å². The molecule has 0 bridgehead atoms. The zero-order valence-corrected chi connectivity index (χ0v) is 18.0. The lowest BCUT2D eigenvalue weighted by Gasteiger charge is -2.13. The van der Waals surface area contributed by atoms with E-state index in [1.807, 2.05) is 36.6 Å². The molecule has 146 valence electrons. The summed E-state index contributed by atoms with van der Waals surface area (Å²) in [6, 6.07) is 16.0. The normalized spacial score (nSPS) is 10.1. The van der Waals surface area contributed by atoms with Crippen LogP contribution in [0.25, 0.3) is 0 Å². The van der Waals surface area contributed by atoms with Crippen LogP contribution >= 0.6 is 27.7 Å². The zero-order valence-electron chi connectivity index (χ0n) is 15.6. The lowest BCUT2D eigenvalue weighted by molar-refractivity contribution is 0.102. The fourth-order valence-corrected chi connectivity index (χ4v) is 3.29. The van der Waals surface area contributed by atoms with Crippen LogP contribution in [-0.4, -0.2) is 24.3 Å². The molecule has 0 saturated carbocycles. The maximum absolute atomic E-state index is 12.9. The van der Waals surface area contributed by atoms with Crippen LogP contribution in [0.3, 0.4) is 0 Å². The van der Waals surface area contributed by atoms with E-state index in [4.69, 9.17) is 14.7 Å². The summed E-state index contributed by atoms with van der Waals surface area (Å²) < 4.78 is 11.8. The van der Waals surface area contributed by atoms with Crippen molar-refractivity contribution in [1.29, 1.82) is 5.26 Å². The molecule has 3 rings (SSSR count). The summed E-state index contributed by atoms with van der Waals surface area (Å²) >= 11 is 4.93. The molecule has 8 heteroatoms. The highest BCUT2D eigenvalue weighted by molar-refractivity contribution is 9.10. The van der Waals surface area contributed by atoms with E-state index in [2.05, 4.69) is 26.2 Å². The first-order chi connectivity index (χ1) is 14.0. The number of methoxy groups -OCH3 is 1. The van der Waals surface area contributed by atoms with Gasteiger partial charge >= 0.3 is 0 Å². The van der Waals surface area contributed by atoms with Gasteiger partial charge in [0.25, 0.3) is 5.91 Å².